The Balaban J connectivity index is 2.00. The zero-order chi connectivity index (χ0) is 16.3. The summed E-state index contributed by atoms with van der Waals surface area (Å²) in [6.45, 7) is 6.47. The Morgan fingerprint density at radius 2 is 2.14 bits per heavy atom. The molecule has 1 fully saturated rings. The van der Waals surface area contributed by atoms with Crippen molar-refractivity contribution in [2.45, 2.75) is 39.7 Å². The third-order valence-electron chi connectivity index (χ3n) is 4.24. The molecule has 2 rings (SSSR count). The van der Waals surface area contributed by atoms with E-state index < -0.39 is 0 Å². The molecule has 2 atom stereocenters. The van der Waals surface area contributed by atoms with Crippen molar-refractivity contribution in [3.8, 4) is 11.5 Å². The summed E-state index contributed by atoms with van der Waals surface area (Å²) in [6.07, 6.45) is 5.04. The first-order valence-corrected chi connectivity index (χ1v) is 7.57. The highest BCUT2D eigenvalue weighted by Crippen LogP contribution is 2.42. The molecule has 4 nitrogen and oxygen atoms in total. The Morgan fingerprint density at radius 1 is 1.41 bits per heavy atom. The number of esters is 1. The summed E-state index contributed by atoms with van der Waals surface area (Å²) in [5, 5.41) is 9.54. The number of methoxy groups -OCH3 is 1. The van der Waals surface area contributed by atoms with E-state index in [2.05, 4.69) is 20.8 Å². The van der Waals surface area contributed by atoms with Crippen LogP contribution in [-0.4, -0.2) is 24.3 Å². The molecule has 0 aliphatic heterocycles. The standard InChI is InChI=1S/C18H24O4/c1-12-9-16(18(2,3)11-12)22-17(20)8-6-13-5-7-14(19)15(10-13)21-4/h5-8,10,12,16,19H,9,11H2,1-4H3/b8-6+/t12-,16+/m1/s1. The van der Waals surface area contributed by atoms with Gasteiger partial charge in [-0.1, -0.05) is 26.8 Å². The van der Waals surface area contributed by atoms with Gasteiger partial charge in [0.2, 0.25) is 0 Å². The molecule has 1 N–H and O–H groups in total. The molecule has 0 bridgehead atoms. The topological polar surface area (TPSA) is 55.8 Å². The Kier molecular flexibility index (Phi) is 4.79. The zero-order valence-corrected chi connectivity index (χ0v) is 13.6. The fourth-order valence-electron chi connectivity index (χ4n) is 3.15. The normalized spacial score (nSPS) is 23.6. The molecule has 1 aromatic rings. The summed E-state index contributed by atoms with van der Waals surface area (Å²) < 4.78 is 10.6. The molecule has 1 aliphatic rings. The molecule has 120 valence electrons. The second-order valence-corrected chi connectivity index (χ2v) is 6.72. The zero-order valence-electron chi connectivity index (χ0n) is 13.6. The van der Waals surface area contributed by atoms with Gasteiger partial charge in [0.05, 0.1) is 7.11 Å². The van der Waals surface area contributed by atoms with E-state index >= 15 is 0 Å². The van der Waals surface area contributed by atoms with Gasteiger partial charge in [0.15, 0.2) is 11.5 Å². The average Bonchev–Trinajstić information content (AvgIpc) is 2.70. The van der Waals surface area contributed by atoms with Crippen LogP contribution in [0.4, 0.5) is 0 Å². The van der Waals surface area contributed by atoms with Crippen LogP contribution in [0.3, 0.4) is 0 Å². The molecule has 0 saturated heterocycles. The summed E-state index contributed by atoms with van der Waals surface area (Å²) in [7, 11) is 1.49. The number of phenols is 1. The van der Waals surface area contributed by atoms with E-state index in [1.165, 1.54) is 19.3 Å². The van der Waals surface area contributed by atoms with Gasteiger partial charge in [-0.15, -0.1) is 0 Å². The quantitative estimate of drug-likeness (QED) is 0.679. The van der Waals surface area contributed by atoms with Gasteiger partial charge in [-0.2, -0.15) is 0 Å². The number of hydrogen-bond acceptors (Lipinski definition) is 4. The van der Waals surface area contributed by atoms with E-state index in [0.29, 0.717) is 11.7 Å². The van der Waals surface area contributed by atoms with Gasteiger partial charge in [0, 0.05) is 11.5 Å². The number of carbonyl (C=O) groups excluding carboxylic acids is 1. The molecule has 0 amide bonds. The highest BCUT2D eigenvalue weighted by atomic mass is 16.5. The minimum absolute atomic E-state index is 0.0324. The molecule has 1 aliphatic carbocycles. The third kappa shape index (κ3) is 3.81. The van der Waals surface area contributed by atoms with Crippen LogP contribution in [0.15, 0.2) is 24.3 Å². The number of phenolic OH excluding ortho intramolecular Hbond substituents is 1. The lowest BCUT2D eigenvalue weighted by Gasteiger charge is -2.26. The second kappa shape index (κ2) is 6.42. The van der Waals surface area contributed by atoms with Crippen molar-refractivity contribution >= 4 is 12.0 Å². The lowest BCUT2D eigenvalue weighted by atomic mass is 9.88. The highest BCUT2D eigenvalue weighted by molar-refractivity contribution is 5.87. The number of hydrogen-bond donors (Lipinski definition) is 1. The average molecular weight is 304 g/mol. The van der Waals surface area contributed by atoms with Crippen molar-refractivity contribution in [3.05, 3.63) is 29.8 Å². The summed E-state index contributed by atoms with van der Waals surface area (Å²) >= 11 is 0. The van der Waals surface area contributed by atoms with Gasteiger partial charge in [0.1, 0.15) is 6.10 Å². The van der Waals surface area contributed by atoms with Crippen molar-refractivity contribution in [2.24, 2.45) is 11.3 Å². The molecule has 1 aromatic carbocycles. The Bertz CT molecular complexity index is 574. The molecule has 4 heteroatoms. The molecule has 0 spiro atoms. The van der Waals surface area contributed by atoms with Crippen LogP contribution in [0.5, 0.6) is 11.5 Å². The second-order valence-electron chi connectivity index (χ2n) is 6.72. The van der Waals surface area contributed by atoms with Crippen molar-refractivity contribution < 1.29 is 19.4 Å². The Hall–Kier alpha value is -1.97. The number of aromatic hydroxyl groups is 1. The molecule has 0 aromatic heterocycles. The van der Waals surface area contributed by atoms with Crippen LogP contribution in [0, 0.1) is 11.3 Å². The van der Waals surface area contributed by atoms with Crippen LogP contribution >= 0.6 is 0 Å². The number of ether oxygens (including phenoxy) is 2. The Morgan fingerprint density at radius 3 is 2.73 bits per heavy atom. The summed E-state index contributed by atoms with van der Waals surface area (Å²) in [4.78, 5) is 12.0. The largest absolute Gasteiger partial charge is 0.504 e. The number of benzene rings is 1. The number of carbonyl (C=O) groups is 1. The first-order valence-electron chi connectivity index (χ1n) is 7.57. The van der Waals surface area contributed by atoms with Gasteiger partial charge < -0.3 is 14.6 Å². The van der Waals surface area contributed by atoms with Crippen LogP contribution < -0.4 is 4.74 Å². The SMILES string of the molecule is COc1cc(/C=C/C(=O)O[C@H]2C[C@@H](C)CC2(C)C)ccc1O. The van der Waals surface area contributed by atoms with Gasteiger partial charge >= 0.3 is 5.97 Å². The van der Waals surface area contributed by atoms with E-state index in [9.17, 15) is 9.90 Å². The first-order chi connectivity index (χ1) is 10.3. The fourth-order valence-corrected chi connectivity index (χ4v) is 3.15. The summed E-state index contributed by atoms with van der Waals surface area (Å²) in [6, 6.07) is 4.91. The molecular weight excluding hydrogens is 280 g/mol. The van der Waals surface area contributed by atoms with E-state index in [-0.39, 0.29) is 23.2 Å². The third-order valence-corrected chi connectivity index (χ3v) is 4.24. The number of rotatable bonds is 4. The smallest absolute Gasteiger partial charge is 0.331 e. The van der Waals surface area contributed by atoms with Crippen LogP contribution in [0.1, 0.15) is 39.2 Å². The van der Waals surface area contributed by atoms with Crippen molar-refractivity contribution in [3.63, 3.8) is 0 Å². The van der Waals surface area contributed by atoms with Gasteiger partial charge in [-0.25, -0.2) is 4.79 Å². The molecule has 0 heterocycles. The maximum atomic E-state index is 12.0. The monoisotopic (exact) mass is 304 g/mol. The van der Waals surface area contributed by atoms with E-state index in [4.69, 9.17) is 9.47 Å². The predicted octanol–water partition coefficient (Wildman–Crippen LogP) is 3.78. The van der Waals surface area contributed by atoms with Gasteiger partial charge in [0.25, 0.3) is 0 Å². The maximum Gasteiger partial charge on any atom is 0.331 e. The van der Waals surface area contributed by atoms with Gasteiger partial charge in [-0.3, -0.25) is 0 Å². The van der Waals surface area contributed by atoms with E-state index in [0.717, 1.165) is 18.4 Å². The molecule has 22 heavy (non-hydrogen) atoms. The van der Waals surface area contributed by atoms with Crippen LogP contribution in [0.25, 0.3) is 6.08 Å². The Labute approximate surface area is 131 Å². The maximum absolute atomic E-state index is 12.0. The molecule has 0 radical (unpaired) electrons. The molecular formula is C18H24O4. The van der Waals surface area contributed by atoms with Crippen LogP contribution in [-0.2, 0) is 9.53 Å². The summed E-state index contributed by atoms with van der Waals surface area (Å²) in [5.74, 6) is 0.697. The molecule has 0 unspecified atom stereocenters. The lowest BCUT2D eigenvalue weighted by Crippen LogP contribution is -2.28. The first kappa shape index (κ1) is 16.4. The summed E-state index contributed by atoms with van der Waals surface area (Å²) in [5.41, 5.74) is 0.802. The minimum Gasteiger partial charge on any atom is -0.504 e. The van der Waals surface area contributed by atoms with Crippen molar-refractivity contribution in [1.29, 1.82) is 0 Å². The van der Waals surface area contributed by atoms with E-state index in [1.54, 1.807) is 18.2 Å². The van der Waals surface area contributed by atoms with Crippen molar-refractivity contribution in [2.75, 3.05) is 7.11 Å². The van der Waals surface area contributed by atoms with Gasteiger partial charge in [-0.05, 0) is 42.5 Å². The van der Waals surface area contributed by atoms with Crippen molar-refractivity contribution in [1.82, 2.24) is 0 Å². The van der Waals surface area contributed by atoms with E-state index in [1.807, 2.05) is 0 Å². The van der Waals surface area contributed by atoms with Crippen LogP contribution in [0.2, 0.25) is 0 Å². The predicted molar refractivity (Wildman–Crippen MR) is 85.8 cm³/mol. The lowest BCUT2D eigenvalue weighted by molar-refractivity contribution is -0.147. The minimum atomic E-state index is -0.334. The fraction of sp³-hybridized carbons (Fsp3) is 0.500. The highest BCUT2D eigenvalue weighted by Gasteiger charge is 2.40. The molecule has 1 saturated carbocycles.